The number of amides is 1. The zero-order chi connectivity index (χ0) is 22.5. The fourth-order valence-corrected chi connectivity index (χ4v) is 4.77. The van der Waals surface area contributed by atoms with Crippen LogP contribution in [0.15, 0.2) is 29.8 Å². The highest BCUT2D eigenvalue weighted by atomic mass is 32.1. The normalized spacial score (nSPS) is 15.9. The van der Waals surface area contributed by atoms with Gasteiger partial charge in [-0.1, -0.05) is 0 Å². The molecule has 8 heteroatoms. The molecule has 0 radical (unpaired) electrons. The topological polar surface area (TPSA) is 78.3 Å². The molecule has 7 nitrogen and oxygen atoms in total. The summed E-state index contributed by atoms with van der Waals surface area (Å²) in [5.41, 5.74) is 5.41. The van der Waals surface area contributed by atoms with Crippen LogP contribution in [0.4, 0.5) is 0 Å². The van der Waals surface area contributed by atoms with Gasteiger partial charge in [0.2, 0.25) is 0 Å². The molecule has 1 aliphatic heterocycles. The van der Waals surface area contributed by atoms with Gasteiger partial charge in [-0.05, 0) is 51.3 Å². The van der Waals surface area contributed by atoms with E-state index in [0.717, 1.165) is 65.8 Å². The van der Waals surface area contributed by atoms with Gasteiger partial charge in [0.15, 0.2) is 0 Å². The number of carbonyl (C=O) groups excluding carboxylic acids is 1. The van der Waals surface area contributed by atoms with Crippen molar-refractivity contribution in [1.82, 2.24) is 19.9 Å². The van der Waals surface area contributed by atoms with Crippen LogP contribution >= 0.6 is 11.3 Å². The van der Waals surface area contributed by atoms with E-state index >= 15 is 0 Å². The third-order valence-corrected chi connectivity index (χ3v) is 6.67. The van der Waals surface area contributed by atoms with Crippen LogP contribution in [0.3, 0.4) is 0 Å². The Morgan fingerprint density at radius 1 is 1.38 bits per heavy atom. The van der Waals surface area contributed by atoms with Crippen LogP contribution in [0.1, 0.15) is 41.0 Å². The number of methoxy groups -OCH3 is 1. The van der Waals surface area contributed by atoms with E-state index in [-0.39, 0.29) is 12.0 Å². The maximum absolute atomic E-state index is 13.0. The van der Waals surface area contributed by atoms with E-state index < -0.39 is 0 Å². The average molecular weight is 455 g/mol. The Hall–Kier alpha value is -2.55. The van der Waals surface area contributed by atoms with Crippen LogP contribution in [0.2, 0.25) is 0 Å². The molecular weight excluding hydrogens is 424 g/mol. The molecule has 0 aliphatic carbocycles. The molecule has 1 atom stereocenters. The summed E-state index contributed by atoms with van der Waals surface area (Å²) in [7, 11) is 1.70. The van der Waals surface area contributed by atoms with Crippen molar-refractivity contribution in [3.63, 3.8) is 0 Å². The van der Waals surface area contributed by atoms with Crippen LogP contribution in [0, 0.1) is 13.8 Å². The van der Waals surface area contributed by atoms with E-state index in [2.05, 4.69) is 14.9 Å². The molecule has 0 bridgehead atoms. The van der Waals surface area contributed by atoms with Gasteiger partial charge in [-0.2, -0.15) is 0 Å². The number of hydrogen-bond acceptors (Lipinski definition) is 6. The van der Waals surface area contributed by atoms with Gasteiger partial charge < -0.3 is 19.4 Å². The lowest BCUT2D eigenvalue weighted by atomic mass is 10.2. The SMILES string of the molecule is COCCCn1c(-c2csc(-c3ccc(C)nc3)n2)cc(C(=O)NCC2CCCO2)c1C. The molecule has 0 spiro atoms. The number of pyridine rings is 1. The predicted octanol–water partition coefficient (Wildman–Crippen LogP) is 4.24. The molecule has 170 valence electrons. The summed E-state index contributed by atoms with van der Waals surface area (Å²) in [6.45, 7) is 6.71. The molecule has 1 saturated heterocycles. The molecular formula is C24H30N4O3S. The Balaban J connectivity index is 1.60. The first-order chi connectivity index (χ1) is 15.6. The molecule has 1 amide bonds. The summed E-state index contributed by atoms with van der Waals surface area (Å²) in [5, 5.41) is 6.01. The maximum atomic E-state index is 13.0. The highest BCUT2D eigenvalue weighted by Crippen LogP contribution is 2.31. The Morgan fingerprint density at radius 3 is 2.97 bits per heavy atom. The zero-order valence-electron chi connectivity index (χ0n) is 18.9. The fourth-order valence-electron chi connectivity index (χ4n) is 3.97. The molecule has 1 fully saturated rings. The molecule has 0 aromatic carbocycles. The molecule has 1 aliphatic rings. The number of nitrogens with zero attached hydrogens (tertiary/aromatic N) is 3. The van der Waals surface area contributed by atoms with Gasteiger partial charge in [0.05, 0.1) is 23.1 Å². The first-order valence-electron chi connectivity index (χ1n) is 11.0. The predicted molar refractivity (Wildman–Crippen MR) is 126 cm³/mol. The molecule has 4 heterocycles. The highest BCUT2D eigenvalue weighted by molar-refractivity contribution is 7.13. The summed E-state index contributed by atoms with van der Waals surface area (Å²) in [6.07, 6.45) is 4.88. The monoisotopic (exact) mass is 454 g/mol. The van der Waals surface area contributed by atoms with Crippen molar-refractivity contribution in [2.75, 3.05) is 26.9 Å². The van der Waals surface area contributed by atoms with E-state index in [0.29, 0.717) is 18.7 Å². The molecule has 1 N–H and O–H groups in total. The lowest BCUT2D eigenvalue weighted by Crippen LogP contribution is -2.32. The van der Waals surface area contributed by atoms with Gasteiger partial charge >= 0.3 is 0 Å². The van der Waals surface area contributed by atoms with Crippen molar-refractivity contribution in [3.05, 3.63) is 46.7 Å². The maximum Gasteiger partial charge on any atom is 0.253 e. The third kappa shape index (κ3) is 5.09. The number of ether oxygens (including phenoxy) is 2. The standard InChI is InChI=1S/C24H30N4O3S/c1-16-7-8-18(13-25-16)24-27-21(15-32-24)22-12-20(17(2)28(22)9-5-10-30-3)23(29)26-14-19-6-4-11-31-19/h7-8,12-13,15,19H,4-6,9-11,14H2,1-3H3,(H,26,29). The third-order valence-electron chi connectivity index (χ3n) is 5.78. The quantitative estimate of drug-likeness (QED) is 0.490. The minimum Gasteiger partial charge on any atom is -0.385 e. The minimum absolute atomic E-state index is 0.0667. The van der Waals surface area contributed by atoms with Gasteiger partial charge in [0.1, 0.15) is 5.01 Å². The second kappa shape index (κ2) is 10.4. The number of thiazole rings is 1. The summed E-state index contributed by atoms with van der Waals surface area (Å²) in [4.78, 5) is 22.2. The Kier molecular flexibility index (Phi) is 7.34. The lowest BCUT2D eigenvalue weighted by Gasteiger charge is -2.12. The van der Waals surface area contributed by atoms with Gasteiger partial charge in [-0.15, -0.1) is 11.3 Å². The van der Waals surface area contributed by atoms with Crippen molar-refractivity contribution >= 4 is 17.2 Å². The zero-order valence-corrected chi connectivity index (χ0v) is 19.7. The summed E-state index contributed by atoms with van der Waals surface area (Å²) < 4.78 is 13.1. The second-order valence-electron chi connectivity index (χ2n) is 8.10. The van der Waals surface area contributed by atoms with Crippen molar-refractivity contribution in [3.8, 4) is 22.0 Å². The molecule has 0 saturated carbocycles. The number of aryl methyl sites for hydroxylation is 1. The van der Waals surface area contributed by atoms with Crippen molar-refractivity contribution in [2.45, 2.75) is 45.8 Å². The molecule has 3 aromatic heterocycles. The largest absolute Gasteiger partial charge is 0.385 e. The Labute approximate surface area is 192 Å². The van der Waals surface area contributed by atoms with E-state index in [1.54, 1.807) is 18.4 Å². The van der Waals surface area contributed by atoms with Gasteiger partial charge in [0.25, 0.3) is 5.91 Å². The average Bonchev–Trinajstić information content (AvgIpc) is 3.54. The smallest absolute Gasteiger partial charge is 0.253 e. The van der Waals surface area contributed by atoms with Gasteiger partial charge in [0, 0.05) is 61.9 Å². The van der Waals surface area contributed by atoms with E-state index in [1.165, 1.54) is 0 Å². The fraction of sp³-hybridized carbons (Fsp3) is 0.458. The molecule has 1 unspecified atom stereocenters. The van der Waals surface area contributed by atoms with Crippen LogP contribution in [0.25, 0.3) is 22.0 Å². The van der Waals surface area contributed by atoms with E-state index in [9.17, 15) is 4.79 Å². The van der Waals surface area contributed by atoms with Crippen LogP contribution in [-0.4, -0.2) is 53.4 Å². The van der Waals surface area contributed by atoms with Crippen LogP contribution < -0.4 is 5.32 Å². The number of aromatic nitrogens is 3. The van der Waals surface area contributed by atoms with Gasteiger partial charge in [-0.3, -0.25) is 9.78 Å². The Bertz CT molecular complexity index is 1050. The van der Waals surface area contributed by atoms with Crippen molar-refractivity contribution in [2.24, 2.45) is 0 Å². The van der Waals surface area contributed by atoms with Crippen molar-refractivity contribution < 1.29 is 14.3 Å². The second-order valence-corrected chi connectivity index (χ2v) is 8.96. The summed E-state index contributed by atoms with van der Waals surface area (Å²) in [5.74, 6) is -0.0667. The molecule has 4 rings (SSSR count). The number of nitrogens with one attached hydrogen (secondary N) is 1. The number of hydrogen-bond donors (Lipinski definition) is 1. The summed E-state index contributed by atoms with van der Waals surface area (Å²) in [6, 6.07) is 5.99. The van der Waals surface area contributed by atoms with Crippen LogP contribution in [0.5, 0.6) is 0 Å². The first-order valence-corrected chi connectivity index (χ1v) is 11.9. The summed E-state index contributed by atoms with van der Waals surface area (Å²) >= 11 is 1.58. The lowest BCUT2D eigenvalue weighted by molar-refractivity contribution is 0.0857. The Morgan fingerprint density at radius 2 is 2.25 bits per heavy atom. The highest BCUT2D eigenvalue weighted by Gasteiger charge is 2.22. The van der Waals surface area contributed by atoms with E-state index in [4.69, 9.17) is 14.5 Å². The number of carbonyl (C=O) groups is 1. The van der Waals surface area contributed by atoms with E-state index in [1.807, 2.05) is 43.6 Å². The first kappa shape index (κ1) is 22.6. The number of rotatable bonds is 9. The van der Waals surface area contributed by atoms with Crippen LogP contribution in [-0.2, 0) is 16.0 Å². The molecule has 3 aromatic rings. The van der Waals surface area contributed by atoms with Crippen molar-refractivity contribution in [1.29, 1.82) is 0 Å². The molecule has 32 heavy (non-hydrogen) atoms. The van der Waals surface area contributed by atoms with Gasteiger partial charge in [-0.25, -0.2) is 4.98 Å². The minimum atomic E-state index is -0.0667.